The number of nitrogens with two attached hydrogens (primary N) is 1. The van der Waals surface area contributed by atoms with Crippen molar-refractivity contribution >= 4 is 0 Å². The highest BCUT2D eigenvalue weighted by Gasteiger charge is 2.58. The van der Waals surface area contributed by atoms with Crippen molar-refractivity contribution in [1.29, 1.82) is 0 Å². The van der Waals surface area contributed by atoms with Gasteiger partial charge in [-0.2, -0.15) is 0 Å². The fourth-order valence-corrected chi connectivity index (χ4v) is 5.15. The molecule has 2 heteroatoms. The summed E-state index contributed by atoms with van der Waals surface area (Å²) >= 11 is 0. The van der Waals surface area contributed by atoms with Crippen LogP contribution in [-0.4, -0.2) is 16.7 Å². The first-order chi connectivity index (χ1) is 7.05. The Morgan fingerprint density at radius 2 is 1.87 bits per heavy atom. The van der Waals surface area contributed by atoms with Crippen LogP contribution in [0.3, 0.4) is 0 Å². The third kappa shape index (κ3) is 1.38. The zero-order valence-electron chi connectivity index (χ0n) is 9.71. The van der Waals surface area contributed by atoms with E-state index in [9.17, 15) is 5.11 Å². The summed E-state index contributed by atoms with van der Waals surface area (Å²) in [6.07, 6.45) is 8.11. The molecule has 4 bridgehead atoms. The van der Waals surface area contributed by atoms with Gasteiger partial charge in [0.25, 0.3) is 0 Å². The van der Waals surface area contributed by atoms with E-state index in [0.29, 0.717) is 11.5 Å². The van der Waals surface area contributed by atoms with Crippen molar-refractivity contribution in [1.82, 2.24) is 0 Å². The molecule has 5 atom stereocenters. The van der Waals surface area contributed by atoms with Gasteiger partial charge in [-0.3, -0.25) is 0 Å². The lowest BCUT2D eigenvalue weighted by molar-refractivity contribution is -0.170. The van der Waals surface area contributed by atoms with Crippen LogP contribution in [0.15, 0.2) is 0 Å². The molecule has 4 rings (SSSR count). The minimum Gasteiger partial charge on any atom is -0.390 e. The smallest absolute Gasteiger partial charge is 0.0659 e. The van der Waals surface area contributed by atoms with E-state index in [0.717, 1.165) is 37.5 Å². The maximum absolute atomic E-state index is 10.6. The molecule has 4 aliphatic rings. The Balaban J connectivity index is 1.92. The lowest BCUT2D eigenvalue weighted by Crippen LogP contribution is -2.60. The normalized spacial score (nSPS) is 54.6. The molecule has 0 aromatic carbocycles. The van der Waals surface area contributed by atoms with Crippen molar-refractivity contribution in [3.63, 3.8) is 0 Å². The van der Waals surface area contributed by atoms with Crippen LogP contribution in [0.25, 0.3) is 0 Å². The minimum absolute atomic E-state index is 0.299. The first-order valence-electron chi connectivity index (χ1n) is 6.53. The van der Waals surface area contributed by atoms with Crippen LogP contribution in [-0.2, 0) is 0 Å². The molecular formula is C13H23NO. The molecule has 3 N–H and O–H groups in total. The summed E-state index contributed by atoms with van der Waals surface area (Å²) in [6.45, 7) is 2.19. The van der Waals surface area contributed by atoms with Crippen molar-refractivity contribution in [2.45, 2.75) is 63.5 Å². The van der Waals surface area contributed by atoms with Gasteiger partial charge in [0.05, 0.1) is 5.60 Å². The summed E-state index contributed by atoms with van der Waals surface area (Å²) in [5.41, 5.74) is 6.28. The monoisotopic (exact) mass is 209 g/mol. The van der Waals surface area contributed by atoms with E-state index in [1.165, 1.54) is 19.3 Å². The molecule has 0 aliphatic heterocycles. The summed E-state index contributed by atoms with van der Waals surface area (Å²) < 4.78 is 0. The molecule has 4 saturated carbocycles. The SMILES string of the molecule is CC[C@H](N)C12C[C@@H]3C[C@@H](CC(O)(C3)C1)C2. The largest absolute Gasteiger partial charge is 0.390 e. The van der Waals surface area contributed by atoms with E-state index < -0.39 is 0 Å². The van der Waals surface area contributed by atoms with Crippen LogP contribution in [0.5, 0.6) is 0 Å². The summed E-state index contributed by atoms with van der Waals surface area (Å²) in [5, 5.41) is 10.6. The number of hydrogen-bond donors (Lipinski definition) is 2. The van der Waals surface area contributed by atoms with Gasteiger partial charge in [-0.25, -0.2) is 0 Å². The summed E-state index contributed by atoms with van der Waals surface area (Å²) in [6, 6.07) is 0.315. The number of hydrogen-bond acceptors (Lipinski definition) is 2. The van der Waals surface area contributed by atoms with Crippen molar-refractivity contribution in [2.75, 3.05) is 0 Å². The van der Waals surface area contributed by atoms with Crippen LogP contribution in [0.4, 0.5) is 0 Å². The Labute approximate surface area is 92.2 Å². The van der Waals surface area contributed by atoms with E-state index in [2.05, 4.69) is 6.92 Å². The van der Waals surface area contributed by atoms with Crippen molar-refractivity contribution in [3.8, 4) is 0 Å². The molecule has 4 fully saturated rings. The van der Waals surface area contributed by atoms with Gasteiger partial charge < -0.3 is 10.8 Å². The summed E-state index contributed by atoms with van der Waals surface area (Å²) in [7, 11) is 0. The summed E-state index contributed by atoms with van der Waals surface area (Å²) in [5.74, 6) is 1.54. The third-order valence-corrected chi connectivity index (χ3v) is 5.30. The van der Waals surface area contributed by atoms with E-state index >= 15 is 0 Å². The van der Waals surface area contributed by atoms with Gasteiger partial charge in [-0.15, -0.1) is 0 Å². The van der Waals surface area contributed by atoms with Crippen LogP contribution < -0.4 is 5.73 Å². The summed E-state index contributed by atoms with van der Waals surface area (Å²) in [4.78, 5) is 0. The van der Waals surface area contributed by atoms with Gasteiger partial charge in [-0.1, -0.05) is 6.92 Å². The van der Waals surface area contributed by atoms with Crippen LogP contribution >= 0.6 is 0 Å². The fourth-order valence-electron chi connectivity index (χ4n) is 5.15. The molecule has 2 unspecified atom stereocenters. The van der Waals surface area contributed by atoms with E-state index in [1.807, 2.05) is 0 Å². The lowest BCUT2D eigenvalue weighted by Gasteiger charge is -2.62. The molecule has 4 aliphatic carbocycles. The second-order valence-corrected chi connectivity index (χ2v) is 6.56. The topological polar surface area (TPSA) is 46.2 Å². The van der Waals surface area contributed by atoms with E-state index in [4.69, 9.17) is 5.73 Å². The molecule has 0 radical (unpaired) electrons. The molecule has 86 valence electrons. The van der Waals surface area contributed by atoms with Gasteiger partial charge in [0.2, 0.25) is 0 Å². The second kappa shape index (κ2) is 2.98. The second-order valence-electron chi connectivity index (χ2n) is 6.56. The van der Waals surface area contributed by atoms with Crippen molar-refractivity contribution < 1.29 is 5.11 Å². The van der Waals surface area contributed by atoms with Gasteiger partial charge in [-0.05, 0) is 62.2 Å². The molecule has 0 spiro atoms. The van der Waals surface area contributed by atoms with Crippen LogP contribution in [0.1, 0.15) is 51.9 Å². The van der Waals surface area contributed by atoms with Gasteiger partial charge >= 0.3 is 0 Å². The van der Waals surface area contributed by atoms with Crippen LogP contribution in [0.2, 0.25) is 0 Å². The molecule has 0 aromatic rings. The lowest BCUT2D eigenvalue weighted by atomic mass is 9.46. The Hall–Kier alpha value is -0.0800. The predicted molar refractivity (Wildman–Crippen MR) is 60.3 cm³/mol. The highest BCUT2D eigenvalue weighted by molar-refractivity contribution is 5.10. The van der Waals surface area contributed by atoms with E-state index in [-0.39, 0.29) is 5.60 Å². The van der Waals surface area contributed by atoms with Gasteiger partial charge in [0.1, 0.15) is 0 Å². The number of aliphatic hydroxyl groups is 1. The first kappa shape index (κ1) is 10.1. The fraction of sp³-hybridized carbons (Fsp3) is 1.00. The van der Waals surface area contributed by atoms with Gasteiger partial charge in [0.15, 0.2) is 0 Å². The molecule has 0 aromatic heterocycles. The zero-order chi connectivity index (χ0) is 10.7. The molecule has 15 heavy (non-hydrogen) atoms. The minimum atomic E-state index is -0.336. The standard InChI is InChI=1S/C13H23NO/c1-2-11(14)12-4-9-3-10(5-12)7-13(15,6-9)8-12/h9-11,15H,2-8,14H2,1H3/t9-,10+,11-,12?,13?/m0/s1. The molecule has 0 amide bonds. The zero-order valence-corrected chi connectivity index (χ0v) is 9.71. The molecule has 0 heterocycles. The van der Waals surface area contributed by atoms with Gasteiger partial charge in [0, 0.05) is 6.04 Å². The third-order valence-electron chi connectivity index (χ3n) is 5.30. The molecule has 2 nitrogen and oxygen atoms in total. The Bertz CT molecular complexity index is 262. The predicted octanol–water partition coefficient (Wildman–Crippen LogP) is 2.06. The average molecular weight is 209 g/mol. The first-order valence-corrected chi connectivity index (χ1v) is 6.53. The highest BCUT2D eigenvalue weighted by atomic mass is 16.3. The number of rotatable bonds is 2. The van der Waals surface area contributed by atoms with Crippen molar-refractivity contribution in [3.05, 3.63) is 0 Å². The Morgan fingerprint density at radius 1 is 1.27 bits per heavy atom. The Kier molecular flexibility index (Phi) is 2.01. The van der Waals surface area contributed by atoms with Crippen molar-refractivity contribution in [2.24, 2.45) is 23.0 Å². The maximum Gasteiger partial charge on any atom is 0.0659 e. The maximum atomic E-state index is 10.6. The molecular weight excluding hydrogens is 186 g/mol. The quantitative estimate of drug-likeness (QED) is 0.731. The average Bonchev–Trinajstić information content (AvgIpc) is 2.12. The Morgan fingerprint density at radius 3 is 2.33 bits per heavy atom. The highest BCUT2D eigenvalue weighted by Crippen LogP contribution is 2.62. The molecule has 0 saturated heterocycles. The van der Waals surface area contributed by atoms with E-state index in [1.54, 1.807) is 0 Å². The van der Waals surface area contributed by atoms with Crippen LogP contribution in [0, 0.1) is 17.3 Å².